The lowest BCUT2D eigenvalue weighted by atomic mass is 10.1. The molecule has 0 aliphatic carbocycles. The molecule has 0 rings (SSSR count). The lowest BCUT2D eigenvalue weighted by Crippen LogP contribution is -2.52. The molecule has 0 saturated carbocycles. The van der Waals surface area contributed by atoms with Crippen LogP contribution in [0.4, 0.5) is 0 Å². The van der Waals surface area contributed by atoms with Crippen molar-refractivity contribution in [1.82, 2.24) is 10.9 Å². The summed E-state index contributed by atoms with van der Waals surface area (Å²) in [6.45, 7) is 0.468. The Morgan fingerprint density at radius 3 is 1.85 bits per heavy atom. The van der Waals surface area contributed by atoms with Gasteiger partial charge >= 0.3 is 11.9 Å². The van der Waals surface area contributed by atoms with E-state index >= 15 is 0 Å². The van der Waals surface area contributed by atoms with Crippen molar-refractivity contribution in [3.05, 3.63) is 0 Å². The molecule has 0 saturated heterocycles. The van der Waals surface area contributed by atoms with Gasteiger partial charge < -0.3 is 21.7 Å². The van der Waals surface area contributed by atoms with Gasteiger partial charge in [-0.2, -0.15) is 0 Å². The molecule has 116 valence electrons. The molecular weight excluding hydrogens is 268 g/mol. The van der Waals surface area contributed by atoms with Crippen molar-refractivity contribution in [3.8, 4) is 0 Å². The smallest absolute Gasteiger partial charge is 0.322 e. The van der Waals surface area contributed by atoms with Crippen LogP contribution < -0.4 is 22.3 Å². The third kappa shape index (κ3) is 8.40. The molecule has 0 radical (unpaired) electrons. The molecule has 9 nitrogen and oxygen atoms in total. The highest BCUT2D eigenvalue weighted by molar-refractivity contribution is 5.77. The number of amides is 1. The van der Waals surface area contributed by atoms with E-state index in [4.69, 9.17) is 21.7 Å². The Morgan fingerprint density at radius 2 is 1.45 bits per heavy atom. The number of hydrogen-bond acceptors (Lipinski definition) is 6. The van der Waals surface area contributed by atoms with E-state index in [1.165, 1.54) is 0 Å². The van der Waals surface area contributed by atoms with Crippen LogP contribution in [-0.2, 0) is 14.4 Å². The van der Waals surface area contributed by atoms with Gasteiger partial charge in [-0.1, -0.05) is 0 Å². The average molecular weight is 290 g/mol. The van der Waals surface area contributed by atoms with E-state index in [1.807, 2.05) is 0 Å². The number of primary amides is 1. The molecule has 0 fully saturated rings. The van der Waals surface area contributed by atoms with Gasteiger partial charge in [-0.3, -0.25) is 14.4 Å². The van der Waals surface area contributed by atoms with E-state index in [0.29, 0.717) is 25.8 Å². The van der Waals surface area contributed by atoms with Crippen molar-refractivity contribution in [1.29, 1.82) is 0 Å². The Labute approximate surface area is 116 Å². The van der Waals surface area contributed by atoms with Crippen molar-refractivity contribution < 1.29 is 24.6 Å². The molecule has 0 heterocycles. The summed E-state index contributed by atoms with van der Waals surface area (Å²) in [6, 6.07) is -2.00. The van der Waals surface area contributed by atoms with E-state index < -0.39 is 29.9 Å². The summed E-state index contributed by atoms with van der Waals surface area (Å²) < 4.78 is 0. The van der Waals surface area contributed by atoms with Crippen LogP contribution in [-0.4, -0.2) is 46.7 Å². The fourth-order valence-corrected chi connectivity index (χ4v) is 1.50. The first-order chi connectivity index (χ1) is 9.38. The lowest BCUT2D eigenvalue weighted by Gasteiger charge is -2.19. The Balaban J connectivity index is 4.28. The summed E-state index contributed by atoms with van der Waals surface area (Å²) in [4.78, 5) is 32.5. The quantitative estimate of drug-likeness (QED) is 0.184. The standard InChI is InChI=1S/C11H22N4O5/c12-6-2-1-3-7(10(17)18)14-15-8(11(19)20)4-5-9(13)16/h7-8,14-15H,1-6,12H2,(H2,13,16)(H,17,18)(H,19,20)/t7-,8-/m0/s1. The van der Waals surface area contributed by atoms with E-state index in [1.54, 1.807) is 0 Å². The molecule has 2 atom stereocenters. The second-order valence-electron chi connectivity index (χ2n) is 4.36. The normalized spacial score (nSPS) is 13.7. The van der Waals surface area contributed by atoms with Gasteiger partial charge in [-0.15, -0.1) is 0 Å². The molecule has 0 aromatic heterocycles. The minimum absolute atomic E-state index is 0.0210. The number of carbonyl (C=O) groups excluding carboxylic acids is 1. The van der Waals surface area contributed by atoms with Gasteiger partial charge in [0.15, 0.2) is 0 Å². The summed E-state index contributed by atoms with van der Waals surface area (Å²) in [5, 5.41) is 17.9. The predicted molar refractivity (Wildman–Crippen MR) is 70.5 cm³/mol. The Kier molecular flexibility index (Phi) is 9.26. The van der Waals surface area contributed by atoms with Crippen molar-refractivity contribution in [2.75, 3.05) is 6.54 Å². The summed E-state index contributed by atoms with van der Waals surface area (Å²) in [6.07, 6.45) is 1.50. The fraction of sp³-hybridized carbons (Fsp3) is 0.727. The Bertz CT molecular complexity index is 337. The number of carboxylic acid groups (broad SMARTS) is 2. The van der Waals surface area contributed by atoms with Crippen LogP contribution in [0.25, 0.3) is 0 Å². The molecule has 0 aromatic rings. The van der Waals surface area contributed by atoms with Gasteiger partial charge in [0.2, 0.25) is 5.91 Å². The van der Waals surface area contributed by atoms with Crippen LogP contribution in [0.15, 0.2) is 0 Å². The van der Waals surface area contributed by atoms with Gasteiger partial charge in [0.05, 0.1) is 0 Å². The molecular formula is C11H22N4O5. The molecule has 1 amide bonds. The van der Waals surface area contributed by atoms with Crippen LogP contribution in [0.3, 0.4) is 0 Å². The highest BCUT2D eigenvalue weighted by atomic mass is 16.4. The molecule has 0 aliphatic rings. The number of nitrogens with one attached hydrogen (secondary N) is 2. The van der Waals surface area contributed by atoms with E-state index in [2.05, 4.69) is 10.9 Å². The van der Waals surface area contributed by atoms with Gasteiger partial charge in [-0.25, -0.2) is 10.9 Å². The maximum absolute atomic E-state index is 11.0. The van der Waals surface area contributed by atoms with Gasteiger partial charge in [0.1, 0.15) is 12.1 Å². The number of hydrogen-bond donors (Lipinski definition) is 6. The second-order valence-corrected chi connectivity index (χ2v) is 4.36. The maximum atomic E-state index is 11.0. The maximum Gasteiger partial charge on any atom is 0.322 e. The highest BCUT2D eigenvalue weighted by Crippen LogP contribution is 2.01. The molecule has 0 bridgehead atoms. The predicted octanol–water partition coefficient (Wildman–Crippen LogP) is -1.62. The van der Waals surface area contributed by atoms with Crippen molar-refractivity contribution in [3.63, 3.8) is 0 Å². The molecule has 0 aromatic carbocycles. The van der Waals surface area contributed by atoms with Crippen molar-refractivity contribution in [2.24, 2.45) is 11.5 Å². The number of carboxylic acids is 2. The van der Waals surface area contributed by atoms with E-state index in [0.717, 1.165) is 0 Å². The van der Waals surface area contributed by atoms with Crippen LogP contribution in [0.2, 0.25) is 0 Å². The zero-order chi connectivity index (χ0) is 15.5. The minimum Gasteiger partial charge on any atom is -0.480 e. The molecule has 0 aliphatic heterocycles. The SMILES string of the molecule is NCCCC[C@H](NN[C@@H](CCC(N)=O)C(=O)O)C(=O)O. The van der Waals surface area contributed by atoms with Crippen LogP contribution in [0.1, 0.15) is 32.1 Å². The van der Waals surface area contributed by atoms with Crippen molar-refractivity contribution in [2.45, 2.75) is 44.2 Å². The third-order valence-electron chi connectivity index (χ3n) is 2.65. The molecule has 0 spiro atoms. The van der Waals surface area contributed by atoms with Gasteiger partial charge in [0.25, 0.3) is 0 Å². The van der Waals surface area contributed by atoms with Crippen LogP contribution >= 0.6 is 0 Å². The topological polar surface area (TPSA) is 168 Å². The molecule has 9 heteroatoms. The van der Waals surface area contributed by atoms with Gasteiger partial charge in [0, 0.05) is 6.42 Å². The minimum atomic E-state index is -1.19. The molecule has 20 heavy (non-hydrogen) atoms. The first kappa shape index (κ1) is 18.3. The first-order valence-electron chi connectivity index (χ1n) is 6.33. The number of hydrazine groups is 1. The molecule has 8 N–H and O–H groups in total. The number of nitrogens with two attached hydrogens (primary N) is 2. The van der Waals surface area contributed by atoms with Crippen molar-refractivity contribution >= 4 is 17.8 Å². The summed E-state index contributed by atoms with van der Waals surface area (Å²) in [5.74, 6) is -2.89. The Morgan fingerprint density at radius 1 is 0.950 bits per heavy atom. The summed E-state index contributed by atoms with van der Waals surface area (Å²) in [7, 11) is 0. The highest BCUT2D eigenvalue weighted by Gasteiger charge is 2.22. The Hall–Kier alpha value is -1.71. The van der Waals surface area contributed by atoms with E-state index in [9.17, 15) is 14.4 Å². The average Bonchev–Trinajstić information content (AvgIpc) is 2.35. The number of rotatable bonds is 12. The largest absolute Gasteiger partial charge is 0.480 e. The first-order valence-corrected chi connectivity index (χ1v) is 6.33. The third-order valence-corrected chi connectivity index (χ3v) is 2.65. The zero-order valence-electron chi connectivity index (χ0n) is 11.2. The second kappa shape index (κ2) is 10.1. The number of carbonyl (C=O) groups is 3. The van der Waals surface area contributed by atoms with Crippen LogP contribution in [0, 0.1) is 0 Å². The van der Waals surface area contributed by atoms with Gasteiger partial charge in [-0.05, 0) is 32.2 Å². The lowest BCUT2D eigenvalue weighted by molar-refractivity contribution is -0.143. The monoisotopic (exact) mass is 290 g/mol. The van der Waals surface area contributed by atoms with Crippen LogP contribution in [0.5, 0.6) is 0 Å². The molecule has 0 unspecified atom stereocenters. The summed E-state index contributed by atoms with van der Waals surface area (Å²) in [5.41, 5.74) is 15.1. The van der Waals surface area contributed by atoms with E-state index in [-0.39, 0.29) is 12.8 Å². The number of unbranched alkanes of at least 4 members (excludes halogenated alkanes) is 1. The zero-order valence-corrected chi connectivity index (χ0v) is 11.2. The fourth-order valence-electron chi connectivity index (χ4n) is 1.50. The number of aliphatic carboxylic acids is 2. The summed E-state index contributed by atoms with van der Waals surface area (Å²) >= 11 is 0.